The van der Waals surface area contributed by atoms with Crippen molar-refractivity contribution >= 4 is 28.2 Å². The van der Waals surface area contributed by atoms with Gasteiger partial charge in [0.15, 0.2) is 0 Å². The van der Waals surface area contributed by atoms with Gasteiger partial charge < -0.3 is 15.0 Å². The molecule has 2 heterocycles. The van der Waals surface area contributed by atoms with Crippen molar-refractivity contribution in [3.63, 3.8) is 0 Å². The van der Waals surface area contributed by atoms with E-state index in [0.29, 0.717) is 29.8 Å². The average Bonchev–Trinajstić information content (AvgIpc) is 2.78. The maximum atomic E-state index is 12.8. The van der Waals surface area contributed by atoms with Crippen LogP contribution >= 0.6 is 0 Å². The summed E-state index contributed by atoms with van der Waals surface area (Å²) < 4.78 is 7.86. The van der Waals surface area contributed by atoms with Crippen LogP contribution in [0.4, 0.5) is 11.4 Å². The van der Waals surface area contributed by atoms with Crippen molar-refractivity contribution in [1.82, 2.24) is 9.13 Å². The smallest absolute Gasteiger partial charge is 0.331 e. The Kier molecular flexibility index (Phi) is 5.67. The van der Waals surface area contributed by atoms with E-state index in [-0.39, 0.29) is 24.6 Å². The molecule has 2 aromatic carbocycles. The monoisotopic (exact) mass is 408 g/mol. The number of fused-ring (bicyclic) bond motifs is 1. The standard InChI is InChI=1S/C22H24N4O4/c1-2-25-21(28)18-5-3-4-6-19(18)26(22(25)29)15-20(27)23-16-7-9-17(10-8-16)24-11-13-30-14-12-24/h3-10H,2,11-15H2,1H3,(H,23,27). The van der Waals surface area contributed by atoms with Crippen molar-refractivity contribution in [2.24, 2.45) is 0 Å². The first-order chi connectivity index (χ1) is 14.6. The van der Waals surface area contributed by atoms with Crippen LogP contribution in [0, 0.1) is 0 Å². The quantitative estimate of drug-likeness (QED) is 0.694. The van der Waals surface area contributed by atoms with Crippen molar-refractivity contribution in [2.45, 2.75) is 20.0 Å². The first-order valence-electron chi connectivity index (χ1n) is 10.0. The van der Waals surface area contributed by atoms with Crippen LogP contribution in [-0.2, 0) is 22.6 Å². The summed E-state index contributed by atoms with van der Waals surface area (Å²) >= 11 is 0. The highest BCUT2D eigenvalue weighted by atomic mass is 16.5. The van der Waals surface area contributed by atoms with Crippen LogP contribution < -0.4 is 21.5 Å². The van der Waals surface area contributed by atoms with Gasteiger partial charge in [0.05, 0.1) is 24.1 Å². The summed E-state index contributed by atoms with van der Waals surface area (Å²) in [4.78, 5) is 40.2. The zero-order valence-electron chi connectivity index (χ0n) is 16.8. The zero-order chi connectivity index (χ0) is 21.1. The van der Waals surface area contributed by atoms with E-state index in [4.69, 9.17) is 4.74 Å². The molecule has 0 radical (unpaired) electrons. The van der Waals surface area contributed by atoms with E-state index in [1.165, 1.54) is 4.57 Å². The van der Waals surface area contributed by atoms with Crippen molar-refractivity contribution in [2.75, 3.05) is 36.5 Å². The summed E-state index contributed by atoms with van der Waals surface area (Å²) in [5, 5.41) is 3.25. The number of carbonyl (C=O) groups is 1. The minimum Gasteiger partial charge on any atom is -0.378 e. The van der Waals surface area contributed by atoms with Crippen molar-refractivity contribution in [3.8, 4) is 0 Å². The lowest BCUT2D eigenvalue weighted by Crippen LogP contribution is -2.41. The first kappa shape index (κ1) is 19.9. The molecule has 3 aromatic rings. The molecular weight excluding hydrogens is 384 g/mol. The minimum absolute atomic E-state index is 0.176. The van der Waals surface area contributed by atoms with Gasteiger partial charge in [0, 0.05) is 31.0 Å². The van der Waals surface area contributed by atoms with E-state index < -0.39 is 5.69 Å². The van der Waals surface area contributed by atoms with E-state index >= 15 is 0 Å². The van der Waals surface area contributed by atoms with E-state index in [0.717, 1.165) is 23.3 Å². The number of para-hydroxylation sites is 1. The molecule has 0 spiro atoms. The number of anilines is 2. The molecule has 1 amide bonds. The van der Waals surface area contributed by atoms with Crippen LogP contribution in [0.2, 0.25) is 0 Å². The molecule has 1 aliphatic heterocycles. The molecule has 0 saturated carbocycles. The molecule has 30 heavy (non-hydrogen) atoms. The number of hydrogen-bond acceptors (Lipinski definition) is 5. The van der Waals surface area contributed by atoms with Crippen LogP contribution in [0.3, 0.4) is 0 Å². The lowest BCUT2D eigenvalue weighted by atomic mass is 10.2. The topological polar surface area (TPSA) is 85.6 Å². The lowest BCUT2D eigenvalue weighted by Gasteiger charge is -2.28. The van der Waals surface area contributed by atoms with Gasteiger partial charge in [0.25, 0.3) is 5.56 Å². The van der Waals surface area contributed by atoms with Gasteiger partial charge in [0.2, 0.25) is 5.91 Å². The van der Waals surface area contributed by atoms with Gasteiger partial charge in [-0.15, -0.1) is 0 Å². The van der Waals surface area contributed by atoms with Crippen LogP contribution in [0.25, 0.3) is 10.9 Å². The van der Waals surface area contributed by atoms with Crippen LogP contribution in [0.1, 0.15) is 6.92 Å². The number of amides is 1. The van der Waals surface area contributed by atoms with Gasteiger partial charge in [-0.2, -0.15) is 0 Å². The molecule has 1 fully saturated rings. The summed E-state index contributed by atoms with van der Waals surface area (Å²) in [5.41, 5.74) is 1.36. The van der Waals surface area contributed by atoms with E-state index in [2.05, 4.69) is 10.2 Å². The summed E-state index contributed by atoms with van der Waals surface area (Å²) in [6.45, 7) is 4.90. The normalized spacial score (nSPS) is 14.1. The Morgan fingerprint density at radius 2 is 1.70 bits per heavy atom. The van der Waals surface area contributed by atoms with Gasteiger partial charge in [-0.3, -0.25) is 18.7 Å². The molecule has 156 valence electrons. The molecule has 0 aliphatic carbocycles. The third kappa shape index (κ3) is 3.86. The maximum Gasteiger partial charge on any atom is 0.331 e. The number of rotatable bonds is 5. The lowest BCUT2D eigenvalue weighted by molar-refractivity contribution is -0.116. The molecule has 4 rings (SSSR count). The third-order valence-electron chi connectivity index (χ3n) is 5.28. The first-order valence-corrected chi connectivity index (χ1v) is 10.0. The molecule has 0 unspecified atom stereocenters. The third-order valence-corrected chi connectivity index (χ3v) is 5.28. The number of morpholine rings is 1. The number of ether oxygens (including phenoxy) is 1. The van der Waals surface area contributed by atoms with Gasteiger partial charge in [-0.25, -0.2) is 4.79 Å². The van der Waals surface area contributed by atoms with Crippen molar-refractivity contribution < 1.29 is 9.53 Å². The van der Waals surface area contributed by atoms with Gasteiger partial charge >= 0.3 is 5.69 Å². The summed E-state index contributed by atoms with van der Waals surface area (Å²) in [6.07, 6.45) is 0. The number of aromatic nitrogens is 2. The zero-order valence-corrected chi connectivity index (χ0v) is 16.8. The molecule has 0 bridgehead atoms. The largest absolute Gasteiger partial charge is 0.378 e. The Hall–Kier alpha value is -3.39. The average molecular weight is 408 g/mol. The SMILES string of the molecule is CCn1c(=O)c2ccccc2n(CC(=O)Nc2ccc(N3CCOCC3)cc2)c1=O. The van der Waals surface area contributed by atoms with Crippen LogP contribution in [0.5, 0.6) is 0 Å². The number of benzene rings is 2. The highest BCUT2D eigenvalue weighted by Gasteiger charge is 2.15. The highest BCUT2D eigenvalue weighted by molar-refractivity contribution is 5.91. The molecule has 1 saturated heterocycles. The number of nitrogens with one attached hydrogen (secondary N) is 1. The summed E-state index contributed by atoms with van der Waals surface area (Å²) in [5.74, 6) is -0.331. The Morgan fingerprint density at radius 3 is 2.40 bits per heavy atom. The van der Waals surface area contributed by atoms with Crippen LogP contribution in [-0.4, -0.2) is 41.3 Å². The van der Waals surface area contributed by atoms with Gasteiger partial charge in [-0.1, -0.05) is 12.1 Å². The Balaban J connectivity index is 1.55. The fraction of sp³-hybridized carbons (Fsp3) is 0.318. The second-order valence-electron chi connectivity index (χ2n) is 7.13. The fourth-order valence-corrected chi connectivity index (χ4v) is 3.72. The highest BCUT2D eigenvalue weighted by Crippen LogP contribution is 2.19. The van der Waals surface area contributed by atoms with Crippen molar-refractivity contribution in [1.29, 1.82) is 0 Å². The Morgan fingerprint density at radius 1 is 1.00 bits per heavy atom. The Labute approximate surface area is 173 Å². The molecule has 1 N–H and O–H groups in total. The summed E-state index contributed by atoms with van der Waals surface area (Å²) in [6, 6.07) is 14.4. The molecule has 1 aromatic heterocycles. The molecular formula is C22H24N4O4. The summed E-state index contributed by atoms with van der Waals surface area (Å²) in [7, 11) is 0. The van der Waals surface area contributed by atoms with E-state index in [1.54, 1.807) is 31.2 Å². The molecule has 0 atom stereocenters. The second kappa shape index (κ2) is 8.54. The van der Waals surface area contributed by atoms with E-state index in [1.807, 2.05) is 24.3 Å². The fourth-order valence-electron chi connectivity index (χ4n) is 3.72. The van der Waals surface area contributed by atoms with Gasteiger partial charge in [0.1, 0.15) is 6.54 Å². The predicted molar refractivity (Wildman–Crippen MR) is 116 cm³/mol. The number of nitrogens with zero attached hydrogens (tertiary/aromatic N) is 3. The van der Waals surface area contributed by atoms with Crippen molar-refractivity contribution in [3.05, 3.63) is 69.4 Å². The maximum absolute atomic E-state index is 12.8. The molecule has 8 nitrogen and oxygen atoms in total. The number of carbonyl (C=O) groups excluding carboxylic acids is 1. The second-order valence-corrected chi connectivity index (χ2v) is 7.13. The molecule has 8 heteroatoms. The van der Waals surface area contributed by atoms with E-state index in [9.17, 15) is 14.4 Å². The van der Waals surface area contributed by atoms with Crippen LogP contribution in [0.15, 0.2) is 58.1 Å². The molecule has 1 aliphatic rings. The predicted octanol–water partition coefficient (Wildman–Crippen LogP) is 1.66. The Bertz CT molecular complexity index is 1170. The van der Waals surface area contributed by atoms with Gasteiger partial charge in [-0.05, 0) is 43.3 Å². The number of hydrogen-bond donors (Lipinski definition) is 1. The minimum atomic E-state index is -0.487.